The van der Waals surface area contributed by atoms with Gasteiger partial charge in [-0.25, -0.2) is 18.6 Å². The van der Waals surface area contributed by atoms with Crippen LogP contribution in [-0.2, 0) is 9.53 Å². The van der Waals surface area contributed by atoms with E-state index in [-0.39, 0.29) is 48.7 Å². The minimum absolute atomic E-state index is 0.0165. The number of hydrogen-bond acceptors (Lipinski definition) is 7. The van der Waals surface area contributed by atoms with Crippen molar-refractivity contribution < 1.29 is 46.1 Å². The van der Waals surface area contributed by atoms with Gasteiger partial charge in [-0.05, 0) is 24.3 Å². The Bertz CT molecular complexity index is 1550. The largest absolute Gasteiger partial charge is 0.413 e. The number of fused-ring (bicyclic) bond motifs is 1. The number of carbonyl (C=O) groups excluding carboxylic acids is 2. The lowest BCUT2D eigenvalue weighted by Crippen LogP contribution is -2.62. The van der Waals surface area contributed by atoms with Crippen molar-refractivity contribution in [2.45, 2.75) is 37.1 Å². The standard InChI is InChI=1S/C25H21F5N4O6/c26-13-1-3-17(16(27)9-13)33-12-18(40-23(38)32-24(25(28,29)30)5-7-39-8-6-24)21(37)15-2-4-19(31-22(15)33)34-11-14(35)10-20(34)36/h1-4,9,12,14,35H,5-8,10-11H2,(H,32,38)/t14-/m0/s1. The second-order valence-electron chi connectivity index (χ2n) is 9.40. The van der Waals surface area contributed by atoms with Gasteiger partial charge in [-0.1, -0.05) is 0 Å². The predicted molar refractivity (Wildman–Crippen MR) is 128 cm³/mol. The normalized spacial score (nSPS) is 19.2. The number of halogens is 5. The number of alkyl halides is 3. The van der Waals surface area contributed by atoms with Crippen LogP contribution in [0.4, 0.5) is 32.6 Å². The maximum atomic E-state index is 14.8. The lowest BCUT2D eigenvalue weighted by atomic mass is 9.89. The van der Waals surface area contributed by atoms with Crippen molar-refractivity contribution in [2.24, 2.45) is 0 Å². The van der Waals surface area contributed by atoms with Crippen LogP contribution in [0.25, 0.3) is 16.7 Å². The van der Waals surface area contributed by atoms with Gasteiger partial charge in [-0.2, -0.15) is 13.2 Å². The zero-order chi connectivity index (χ0) is 28.8. The number of aliphatic hydroxyl groups is 1. The summed E-state index contributed by atoms with van der Waals surface area (Å²) < 4.78 is 81.0. The number of β-amino-alcohol motifs (C(OH)–C–C–N with tert-alkyl or cyclic N) is 1. The molecule has 0 unspecified atom stereocenters. The van der Waals surface area contributed by atoms with Crippen LogP contribution in [0.1, 0.15) is 19.3 Å². The summed E-state index contributed by atoms with van der Waals surface area (Å²) >= 11 is 0. The molecule has 2 N–H and O–H groups in total. The number of rotatable bonds is 4. The third-order valence-electron chi connectivity index (χ3n) is 6.79. The van der Waals surface area contributed by atoms with E-state index in [2.05, 4.69) is 4.98 Å². The van der Waals surface area contributed by atoms with Gasteiger partial charge < -0.3 is 19.9 Å². The van der Waals surface area contributed by atoms with Crippen LogP contribution in [0, 0.1) is 11.6 Å². The van der Waals surface area contributed by atoms with Gasteiger partial charge in [0.05, 0.1) is 36.3 Å². The van der Waals surface area contributed by atoms with E-state index in [0.717, 1.165) is 27.8 Å². The van der Waals surface area contributed by atoms with E-state index in [9.17, 15) is 41.4 Å². The van der Waals surface area contributed by atoms with Crippen LogP contribution in [-0.4, -0.2) is 64.2 Å². The molecule has 2 amide bonds. The SMILES string of the molecule is O=C(NC1(C(F)(F)F)CCOCC1)Oc1cn(-c2ccc(F)cc2F)c2nc(N3C[C@@H](O)CC3=O)ccc2c1=O. The van der Waals surface area contributed by atoms with Gasteiger partial charge in [-0.3, -0.25) is 19.1 Å². The fraction of sp³-hybridized carbons (Fsp3) is 0.360. The van der Waals surface area contributed by atoms with Crippen molar-refractivity contribution in [3.8, 4) is 11.4 Å². The second-order valence-corrected chi connectivity index (χ2v) is 9.40. The summed E-state index contributed by atoms with van der Waals surface area (Å²) in [6.45, 7) is -0.617. The molecule has 0 saturated carbocycles. The lowest BCUT2D eigenvalue weighted by Gasteiger charge is -2.38. The number of nitrogens with zero attached hydrogens (tertiary/aromatic N) is 3. The first kappa shape index (κ1) is 27.5. The summed E-state index contributed by atoms with van der Waals surface area (Å²) in [6.07, 6.45) is -7.86. The Labute approximate surface area is 221 Å². The number of aliphatic hydroxyl groups excluding tert-OH is 1. The highest BCUT2D eigenvalue weighted by atomic mass is 19.4. The van der Waals surface area contributed by atoms with Crippen molar-refractivity contribution in [1.82, 2.24) is 14.9 Å². The number of benzene rings is 1. The van der Waals surface area contributed by atoms with Gasteiger partial charge in [0.2, 0.25) is 11.3 Å². The van der Waals surface area contributed by atoms with Crippen LogP contribution >= 0.6 is 0 Å². The first-order valence-electron chi connectivity index (χ1n) is 12.0. The number of ether oxygens (including phenoxy) is 2. The van der Waals surface area contributed by atoms with Gasteiger partial charge in [0.15, 0.2) is 11.4 Å². The van der Waals surface area contributed by atoms with Gasteiger partial charge in [0.1, 0.15) is 23.0 Å². The average molecular weight is 568 g/mol. The molecule has 0 aliphatic carbocycles. The van der Waals surface area contributed by atoms with Gasteiger partial charge in [0.25, 0.3) is 0 Å². The van der Waals surface area contributed by atoms with E-state index in [0.29, 0.717) is 6.07 Å². The van der Waals surface area contributed by atoms with Crippen molar-refractivity contribution in [3.05, 3.63) is 58.4 Å². The molecule has 0 radical (unpaired) electrons. The molecule has 2 fully saturated rings. The Morgan fingerprint density at radius 3 is 2.50 bits per heavy atom. The molecule has 2 aliphatic heterocycles. The van der Waals surface area contributed by atoms with E-state index >= 15 is 0 Å². The number of nitrogens with one attached hydrogen (secondary N) is 1. The van der Waals surface area contributed by atoms with Crippen LogP contribution in [0.2, 0.25) is 0 Å². The smallest absolute Gasteiger partial charge is 0.405 e. The van der Waals surface area contributed by atoms with E-state index in [4.69, 9.17) is 9.47 Å². The molecule has 2 aromatic heterocycles. The summed E-state index contributed by atoms with van der Waals surface area (Å²) in [5, 5.41) is 11.4. The number of aromatic nitrogens is 2. The molecule has 5 rings (SSSR count). The molecule has 40 heavy (non-hydrogen) atoms. The summed E-state index contributed by atoms with van der Waals surface area (Å²) in [5.74, 6) is -3.22. The minimum Gasteiger partial charge on any atom is -0.405 e. The molecule has 0 spiro atoms. The highest BCUT2D eigenvalue weighted by Crippen LogP contribution is 2.38. The molecule has 10 nitrogen and oxygen atoms in total. The van der Waals surface area contributed by atoms with Crippen molar-refractivity contribution in [3.63, 3.8) is 0 Å². The molecular formula is C25H21F5N4O6. The van der Waals surface area contributed by atoms with E-state index in [1.54, 1.807) is 0 Å². The maximum Gasteiger partial charge on any atom is 0.413 e. The van der Waals surface area contributed by atoms with Crippen LogP contribution in [0.15, 0.2) is 41.3 Å². The van der Waals surface area contributed by atoms with Gasteiger partial charge in [-0.15, -0.1) is 0 Å². The fourth-order valence-electron chi connectivity index (χ4n) is 4.68. The highest BCUT2D eigenvalue weighted by Gasteiger charge is 2.56. The third kappa shape index (κ3) is 4.97. The molecule has 1 aromatic carbocycles. The van der Waals surface area contributed by atoms with Crippen molar-refractivity contribution in [1.29, 1.82) is 0 Å². The van der Waals surface area contributed by atoms with Crippen LogP contribution in [0.3, 0.4) is 0 Å². The molecule has 1 atom stereocenters. The average Bonchev–Trinajstić information content (AvgIpc) is 3.23. The Hall–Kier alpha value is -4.11. The van der Waals surface area contributed by atoms with Crippen LogP contribution in [0.5, 0.6) is 5.75 Å². The first-order chi connectivity index (χ1) is 18.9. The van der Waals surface area contributed by atoms with Gasteiger partial charge in [0, 0.05) is 32.1 Å². The topological polar surface area (TPSA) is 123 Å². The minimum atomic E-state index is -4.85. The quantitative estimate of drug-likeness (QED) is 0.464. The van der Waals surface area contributed by atoms with Crippen molar-refractivity contribution in [2.75, 3.05) is 24.7 Å². The van der Waals surface area contributed by atoms with Gasteiger partial charge >= 0.3 is 12.3 Å². The Morgan fingerprint density at radius 2 is 1.88 bits per heavy atom. The zero-order valence-corrected chi connectivity index (χ0v) is 20.5. The van der Waals surface area contributed by atoms with Crippen molar-refractivity contribution >= 4 is 28.9 Å². The van der Waals surface area contributed by atoms with E-state index in [1.807, 2.05) is 5.32 Å². The Balaban J connectivity index is 1.59. The van der Waals surface area contributed by atoms with E-state index < -0.39 is 65.5 Å². The summed E-state index contributed by atoms with van der Waals surface area (Å²) in [7, 11) is 0. The second kappa shape index (κ2) is 10.1. The molecular weight excluding hydrogens is 547 g/mol. The Morgan fingerprint density at radius 1 is 1.15 bits per heavy atom. The molecule has 15 heteroatoms. The van der Waals surface area contributed by atoms with E-state index in [1.165, 1.54) is 12.1 Å². The molecule has 0 bridgehead atoms. The molecule has 3 aromatic rings. The summed E-state index contributed by atoms with van der Waals surface area (Å²) in [6, 6.07) is 4.96. The third-order valence-corrected chi connectivity index (χ3v) is 6.79. The predicted octanol–water partition coefficient (Wildman–Crippen LogP) is 2.96. The molecule has 2 saturated heterocycles. The number of pyridine rings is 2. The monoisotopic (exact) mass is 568 g/mol. The van der Waals surface area contributed by atoms with Crippen LogP contribution < -0.4 is 20.4 Å². The number of anilines is 1. The molecule has 212 valence electrons. The summed E-state index contributed by atoms with van der Waals surface area (Å²) in [5.41, 5.74) is -4.19. The fourth-order valence-corrected chi connectivity index (χ4v) is 4.68. The number of carbonyl (C=O) groups is 2. The highest BCUT2D eigenvalue weighted by molar-refractivity contribution is 5.96. The number of hydrogen-bond donors (Lipinski definition) is 2. The molecule has 2 aliphatic rings. The maximum absolute atomic E-state index is 14.8. The summed E-state index contributed by atoms with van der Waals surface area (Å²) in [4.78, 5) is 43.6. The lowest BCUT2D eigenvalue weighted by molar-refractivity contribution is -0.213. The molecule has 4 heterocycles. The number of amides is 2. The Kier molecular flexibility index (Phi) is 6.95. The zero-order valence-electron chi connectivity index (χ0n) is 20.5. The first-order valence-corrected chi connectivity index (χ1v) is 12.0.